The number of rotatable bonds is 6. The third kappa shape index (κ3) is 4.38. The van der Waals surface area contributed by atoms with Crippen molar-refractivity contribution in [1.82, 2.24) is 9.62 Å². The molecule has 29 heavy (non-hydrogen) atoms. The van der Waals surface area contributed by atoms with Crippen LogP contribution in [0.5, 0.6) is 0 Å². The van der Waals surface area contributed by atoms with Gasteiger partial charge in [0.2, 0.25) is 10.0 Å². The lowest BCUT2D eigenvalue weighted by Crippen LogP contribution is -2.33. The Labute approximate surface area is 173 Å². The maximum Gasteiger partial charge on any atom is 0.251 e. The van der Waals surface area contributed by atoms with Crippen molar-refractivity contribution in [3.63, 3.8) is 0 Å². The second-order valence-corrected chi connectivity index (χ2v) is 10.1. The standard InChI is InChI=1S/C23H28N2O3S/c26-22(24-18-23(13-14-23)20-10-4-3-5-11-20)19-9-8-12-21(17-19)29(27,28)25-15-6-1-2-7-16-25/h3-5,8-12,17H,1-2,6-7,13-16,18H2,(H,24,26). The van der Waals surface area contributed by atoms with Crippen LogP contribution < -0.4 is 5.32 Å². The van der Waals surface area contributed by atoms with Crippen LogP contribution in [0.25, 0.3) is 0 Å². The molecule has 0 aromatic heterocycles. The lowest BCUT2D eigenvalue weighted by molar-refractivity contribution is 0.0949. The minimum Gasteiger partial charge on any atom is -0.351 e. The average molecular weight is 413 g/mol. The molecule has 1 N–H and O–H groups in total. The molecule has 1 aliphatic heterocycles. The van der Waals surface area contributed by atoms with Crippen molar-refractivity contribution in [2.75, 3.05) is 19.6 Å². The number of sulfonamides is 1. The van der Waals surface area contributed by atoms with E-state index in [1.165, 1.54) is 11.6 Å². The molecule has 0 radical (unpaired) electrons. The fourth-order valence-electron chi connectivity index (χ4n) is 4.09. The molecule has 2 fully saturated rings. The molecule has 1 amide bonds. The van der Waals surface area contributed by atoms with Gasteiger partial charge in [0.15, 0.2) is 0 Å². The van der Waals surface area contributed by atoms with Gasteiger partial charge in [0.1, 0.15) is 0 Å². The van der Waals surface area contributed by atoms with Crippen LogP contribution >= 0.6 is 0 Å². The van der Waals surface area contributed by atoms with Gasteiger partial charge in [0.05, 0.1) is 4.90 Å². The van der Waals surface area contributed by atoms with E-state index in [0.717, 1.165) is 38.5 Å². The van der Waals surface area contributed by atoms with Gasteiger partial charge in [-0.15, -0.1) is 0 Å². The zero-order valence-corrected chi connectivity index (χ0v) is 17.5. The van der Waals surface area contributed by atoms with Gasteiger partial charge in [0, 0.05) is 30.6 Å². The molecule has 4 rings (SSSR count). The number of nitrogens with one attached hydrogen (secondary N) is 1. The molecular formula is C23H28N2O3S. The Morgan fingerprint density at radius 1 is 0.931 bits per heavy atom. The molecule has 0 unspecified atom stereocenters. The normalized spacial score (nSPS) is 19.3. The molecule has 0 bridgehead atoms. The summed E-state index contributed by atoms with van der Waals surface area (Å²) < 4.78 is 27.6. The molecule has 6 heteroatoms. The number of hydrogen-bond acceptors (Lipinski definition) is 3. The molecule has 1 heterocycles. The van der Waals surface area contributed by atoms with Crippen molar-refractivity contribution >= 4 is 15.9 Å². The second kappa shape index (κ2) is 8.28. The van der Waals surface area contributed by atoms with Gasteiger partial charge in [-0.3, -0.25) is 4.79 Å². The molecule has 2 aliphatic rings. The largest absolute Gasteiger partial charge is 0.351 e. The summed E-state index contributed by atoms with van der Waals surface area (Å²) in [5.74, 6) is -0.222. The number of nitrogens with zero attached hydrogens (tertiary/aromatic N) is 1. The number of carbonyl (C=O) groups is 1. The molecule has 1 saturated carbocycles. The molecule has 2 aromatic carbocycles. The monoisotopic (exact) mass is 412 g/mol. The third-order valence-corrected chi connectivity index (χ3v) is 8.02. The summed E-state index contributed by atoms with van der Waals surface area (Å²) in [5.41, 5.74) is 1.66. The topological polar surface area (TPSA) is 66.5 Å². The molecule has 0 spiro atoms. The average Bonchev–Trinajstić information content (AvgIpc) is 3.57. The smallest absolute Gasteiger partial charge is 0.251 e. The molecule has 154 valence electrons. The second-order valence-electron chi connectivity index (χ2n) is 8.18. The summed E-state index contributed by atoms with van der Waals surface area (Å²) in [7, 11) is -3.56. The van der Waals surface area contributed by atoms with E-state index < -0.39 is 10.0 Å². The van der Waals surface area contributed by atoms with Crippen molar-refractivity contribution in [3.8, 4) is 0 Å². The van der Waals surface area contributed by atoms with Gasteiger partial charge in [0.25, 0.3) is 5.91 Å². The van der Waals surface area contributed by atoms with E-state index in [9.17, 15) is 13.2 Å². The maximum atomic E-state index is 13.0. The van der Waals surface area contributed by atoms with Crippen molar-refractivity contribution in [2.24, 2.45) is 0 Å². The zero-order valence-electron chi connectivity index (χ0n) is 16.6. The maximum absolute atomic E-state index is 13.0. The van der Waals surface area contributed by atoms with E-state index in [4.69, 9.17) is 0 Å². The first-order chi connectivity index (χ1) is 14.0. The Kier molecular flexibility index (Phi) is 5.74. The lowest BCUT2D eigenvalue weighted by Gasteiger charge is -2.20. The number of benzene rings is 2. The van der Waals surface area contributed by atoms with Crippen LogP contribution in [0.4, 0.5) is 0 Å². The Hall–Kier alpha value is -2.18. The highest BCUT2D eigenvalue weighted by molar-refractivity contribution is 7.89. The summed E-state index contributed by atoms with van der Waals surface area (Å²) >= 11 is 0. The quantitative estimate of drug-likeness (QED) is 0.786. The first-order valence-corrected chi connectivity index (χ1v) is 11.9. The van der Waals surface area contributed by atoms with Crippen molar-refractivity contribution in [1.29, 1.82) is 0 Å². The SMILES string of the molecule is O=C(NCC1(c2ccccc2)CC1)c1cccc(S(=O)(=O)N2CCCCCC2)c1. The van der Waals surface area contributed by atoms with Gasteiger partial charge in [-0.25, -0.2) is 8.42 Å². The first kappa shape index (κ1) is 20.1. The molecule has 2 aromatic rings. The summed E-state index contributed by atoms with van der Waals surface area (Å²) in [6, 6.07) is 16.7. The van der Waals surface area contributed by atoms with Crippen LogP contribution in [0.2, 0.25) is 0 Å². The van der Waals surface area contributed by atoms with Crippen LogP contribution in [0.3, 0.4) is 0 Å². The van der Waals surface area contributed by atoms with E-state index in [-0.39, 0.29) is 16.2 Å². The predicted molar refractivity (Wildman–Crippen MR) is 113 cm³/mol. The fraction of sp³-hybridized carbons (Fsp3) is 0.435. The first-order valence-electron chi connectivity index (χ1n) is 10.5. The fourth-order valence-corrected chi connectivity index (χ4v) is 5.65. The summed E-state index contributed by atoms with van der Waals surface area (Å²) in [6.07, 6.45) is 6.03. The van der Waals surface area contributed by atoms with Crippen LogP contribution in [0.1, 0.15) is 54.4 Å². The predicted octanol–water partition coefficient (Wildman–Crippen LogP) is 3.71. The van der Waals surface area contributed by atoms with E-state index in [1.807, 2.05) is 18.2 Å². The Balaban J connectivity index is 1.46. The van der Waals surface area contributed by atoms with Gasteiger partial charge < -0.3 is 5.32 Å². The number of carbonyl (C=O) groups excluding carboxylic acids is 1. The lowest BCUT2D eigenvalue weighted by atomic mass is 9.96. The van der Waals surface area contributed by atoms with E-state index in [1.54, 1.807) is 22.5 Å². The highest BCUT2D eigenvalue weighted by Crippen LogP contribution is 2.47. The molecule has 5 nitrogen and oxygen atoms in total. The highest BCUT2D eigenvalue weighted by atomic mass is 32.2. The van der Waals surface area contributed by atoms with E-state index >= 15 is 0 Å². The molecule has 0 atom stereocenters. The number of amides is 1. The van der Waals surface area contributed by atoms with Gasteiger partial charge >= 0.3 is 0 Å². The van der Waals surface area contributed by atoms with Crippen LogP contribution in [0.15, 0.2) is 59.5 Å². The third-order valence-electron chi connectivity index (χ3n) is 6.13. The minimum absolute atomic E-state index is 0.0205. The minimum atomic E-state index is -3.56. The van der Waals surface area contributed by atoms with Crippen LogP contribution in [-0.2, 0) is 15.4 Å². The summed E-state index contributed by atoms with van der Waals surface area (Å²) in [5, 5.41) is 3.02. The number of hydrogen-bond donors (Lipinski definition) is 1. The molecular weight excluding hydrogens is 384 g/mol. The van der Waals surface area contributed by atoms with Gasteiger partial charge in [-0.05, 0) is 49.4 Å². The summed E-state index contributed by atoms with van der Waals surface area (Å²) in [6.45, 7) is 1.68. The van der Waals surface area contributed by atoms with Gasteiger partial charge in [-0.1, -0.05) is 49.2 Å². The van der Waals surface area contributed by atoms with E-state index in [0.29, 0.717) is 25.2 Å². The highest BCUT2D eigenvalue weighted by Gasteiger charge is 2.44. The van der Waals surface area contributed by atoms with Crippen LogP contribution in [0, 0.1) is 0 Å². The van der Waals surface area contributed by atoms with Crippen molar-refractivity contribution in [2.45, 2.75) is 48.8 Å². The molecule has 1 aliphatic carbocycles. The van der Waals surface area contributed by atoms with Crippen molar-refractivity contribution in [3.05, 3.63) is 65.7 Å². The Bertz CT molecular complexity index is 961. The Morgan fingerprint density at radius 3 is 2.28 bits per heavy atom. The molecule has 1 saturated heterocycles. The van der Waals surface area contributed by atoms with Gasteiger partial charge in [-0.2, -0.15) is 4.31 Å². The van der Waals surface area contributed by atoms with Crippen LogP contribution in [-0.4, -0.2) is 38.3 Å². The van der Waals surface area contributed by atoms with E-state index in [2.05, 4.69) is 17.4 Å². The Morgan fingerprint density at radius 2 is 1.62 bits per heavy atom. The summed E-state index contributed by atoms with van der Waals surface area (Å²) in [4.78, 5) is 12.9. The zero-order chi connectivity index (χ0) is 20.3. The van der Waals surface area contributed by atoms with Crippen molar-refractivity contribution < 1.29 is 13.2 Å².